The van der Waals surface area contributed by atoms with E-state index in [0.717, 1.165) is 9.80 Å². The average molecular weight is 755 g/mol. The van der Waals surface area contributed by atoms with Crippen LogP contribution in [0, 0.1) is 17.8 Å². The minimum absolute atomic E-state index is 0.0997. The van der Waals surface area contributed by atoms with E-state index in [2.05, 4.69) is 31.9 Å². The predicted octanol–water partition coefficient (Wildman–Crippen LogP) is 5.28. The number of phenolic OH excluding ortho intramolecular Hbond substituents is 1. The number of carbonyl (C=O) groups excluding carboxylic acids is 5. The maximum atomic E-state index is 14.1. The van der Waals surface area contributed by atoms with Crippen LogP contribution in [-0.2, 0) is 19.2 Å². The summed E-state index contributed by atoms with van der Waals surface area (Å²) in [6.45, 7) is 1.42. The molecule has 1 N–H and O–H groups in total. The number of fused-ring (bicyclic) bond motifs is 4. The number of aromatic hydroxyl groups is 1. The molecule has 3 fully saturated rings. The second-order valence-electron chi connectivity index (χ2n) is 11.1. The van der Waals surface area contributed by atoms with E-state index in [4.69, 9.17) is 27.9 Å². The molecule has 6 unspecified atom stereocenters. The molecule has 2 aromatic carbocycles. The maximum Gasteiger partial charge on any atom is 0.254 e. The van der Waals surface area contributed by atoms with Gasteiger partial charge in [-0.3, -0.25) is 33.8 Å². The van der Waals surface area contributed by atoms with Crippen LogP contribution in [0.2, 0.25) is 0 Å². The SMILES string of the molecule is COc1cc(Br)cc(C2C3=CCC4C(=O)N(c5ccc(C(C)=O)cc5)C(=O)C4C3CC3(Cl)C(=O)N(CBr)C(=O)C23Cl)c1O. The smallest absolute Gasteiger partial charge is 0.254 e. The molecule has 13 heteroatoms. The number of allylic oxidation sites excluding steroid dienone is 2. The molecule has 0 radical (unpaired) electrons. The van der Waals surface area contributed by atoms with Crippen molar-refractivity contribution >= 4 is 90.2 Å². The van der Waals surface area contributed by atoms with E-state index in [0.29, 0.717) is 21.3 Å². The second-order valence-corrected chi connectivity index (χ2v) is 13.8. The molecule has 4 amide bonds. The topological polar surface area (TPSA) is 121 Å². The normalized spacial score (nSPS) is 31.5. The molecule has 0 bridgehead atoms. The largest absolute Gasteiger partial charge is 0.504 e. The summed E-state index contributed by atoms with van der Waals surface area (Å²) in [5.74, 6) is -6.27. The summed E-state index contributed by atoms with van der Waals surface area (Å²) in [5, 5.41) is 11.3. The van der Waals surface area contributed by atoms with Crippen molar-refractivity contribution in [3.63, 3.8) is 0 Å². The second kappa shape index (κ2) is 10.4. The van der Waals surface area contributed by atoms with Gasteiger partial charge in [0.05, 0.1) is 30.1 Å². The quantitative estimate of drug-likeness (QED) is 0.145. The van der Waals surface area contributed by atoms with Crippen LogP contribution in [0.1, 0.15) is 41.6 Å². The van der Waals surface area contributed by atoms with Crippen molar-refractivity contribution < 1.29 is 33.8 Å². The highest BCUT2D eigenvalue weighted by atomic mass is 79.9. The Kier molecular flexibility index (Phi) is 7.35. The van der Waals surface area contributed by atoms with Crippen molar-refractivity contribution in [2.45, 2.75) is 35.4 Å². The molecule has 2 heterocycles. The van der Waals surface area contributed by atoms with E-state index in [1.54, 1.807) is 42.5 Å². The molecular weight excluding hydrogens is 731 g/mol. The first kappa shape index (κ1) is 30.3. The molecule has 2 saturated heterocycles. The van der Waals surface area contributed by atoms with E-state index in [1.165, 1.54) is 14.0 Å². The molecule has 6 rings (SSSR count). The van der Waals surface area contributed by atoms with Crippen molar-refractivity contribution in [2.75, 3.05) is 17.5 Å². The molecule has 224 valence electrons. The van der Waals surface area contributed by atoms with Crippen molar-refractivity contribution in [1.82, 2.24) is 4.90 Å². The fraction of sp³-hybridized carbons (Fsp3) is 0.367. The minimum Gasteiger partial charge on any atom is -0.504 e. The van der Waals surface area contributed by atoms with Gasteiger partial charge in [0.15, 0.2) is 27.0 Å². The van der Waals surface area contributed by atoms with Gasteiger partial charge in [0.2, 0.25) is 11.8 Å². The van der Waals surface area contributed by atoms with Gasteiger partial charge >= 0.3 is 0 Å². The monoisotopic (exact) mass is 752 g/mol. The summed E-state index contributed by atoms with van der Waals surface area (Å²) < 4.78 is 5.88. The molecule has 1 saturated carbocycles. The van der Waals surface area contributed by atoms with Crippen molar-refractivity contribution in [1.29, 1.82) is 0 Å². The zero-order valence-corrected chi connectivity index (χ0v) is 27.5. The van der Waals surface area contributed by atoms with Gasteiger partial charge in [-0.2, -0.15) is 0 Å². The molecule has 0 aromatic heterocycles. The van der Waals surface area contributed by atoms with Gasteiger partial charge < -0.3 is 9.84 Å². The first-order valence-corrected chi connectivity index (χ1v) is 16.0. The molecule has 43 heavy (non-hydrogen) atoms. The van der Waals surface area contributed by atoms with Gasteiger partial charge in [-0.25, -0.2) is 0 Å². The van der Waals surface area contributed by atoms with Gasteiger partial charge in [-0.15, -0.1) is 23.2 Å². The number of rotatable bonds is 5. The number of ether oxygens (including phenoxy) is 1. The van der Waals surface area contributed by atoms with Crippen LogP contribution in [0.4, 0.5) is 5.69 Å². The van der Waals surface area contributed by atoms with Crippen LogP contribution in [0.5, 0.6) is 11.5 Å². The number of anilines is 1. The molecule has 2 aliphatic carbocycles. The highest BCUT2D eigenvalue weighted by Gasteiger charge is 2.76. The molecule has 2 aliphatic heterocycles. The van der Waals surface area contributed by atoms with Crippen LogP contribution >= 0.6 is 55.1 Å². The molecule has 2 aromatic rings. The van der Waals surface area contributed by atoms with Gasteiger partial charge in [-0.05, 0) is 62.1 Å². The lowest BCUT2D eigenvalue weighted by molar-refractivity contribution is -0.138. The number of imide groups is 2. The third kappa shape index (κ3) is 4.04. The highest BCUT2D eigenvalue weighted by Crippen LogP contribution is 2.66. The lowest BCUT2D eigenvalue weighted by atomic mass is 9.56. The van der Waals surface area contributed by atoms with E-state index >= 15 is 0 Å². The third-order valence-electron chi connectivity index (χ3n) is 9.15. The first-order chi connectivity index (χ1) is 20.3. The Hall–Kier alpha value is -2.73. The third-order valence-corrected chi connectivity index (χ3v) is 11.5. The highest BCUT2D eigenvalue weighted by molar-refractivity contribution is 9.10. The van der Waals surface area contributed by atoms with E-state index < -0.39 is 57.0 Å². The number of likely N-dealkylation sites (tertiary alicyclic amines) is 1. The van der Waals surface area contributed by atoms with E-state index in [9.17, 15) is 29.1 Å². The number of carbonyl (C=O) groups is 5. The number of amides is 4. The Balaban J connectivity index is 1.52. The number of halogens is 4. The van der Waals surface area contributed by atoms with Crippen LogP contribution in [0.25, 0.3) is 0 Å². The van der Waals surface area contributed by atoms with E-state index in [-0.39, 0.29) is 41.1 Å². The lowest BCUT2D eigenvalue weighted by Gasteiger charge is -2.50. The Morgan fingerprint density at radius 3 is 2.35 bits per heavy atom. The number of hydrogen-bond donors (Lipinski definition) is 1. The number of methoxy groups -OCH3 is 1. The van der Waals surface area contributed by atoms with Crippen molar-refractivity contribution in [2.24, 2.45) is 17.8 Å². The van der Waals surface area contributed by atoms with Gasteiger partial charge in [0, 0.05) is 21.5 Å². The number of alkyl halides is 3. The fourth-order valence-corrected chi connectivity index (χ4v) is 9.04. The number of phenols is 1. The average Bonchev–Trinajstić information content (AvgIpc) is 3.31. The molecule has 0 spiro atoms. The summed E-state index contributed by atoms with van der Waals surface area (Å²) in [6, 6.07) is 9.33. The van der Waals surface area contributed by atoms with Gasteiger partial charge in [0.1, 0.15) is 0 Å². The molecule has 4 aliphatic rings. The fourth-order valence-electron chi connectivity index (χ4n) is 7.17. The summed E-state index contributed by atoms with van der Waals surface area (Å²) in [4.78, 5) is 65.3. The number of benzene rings is 2. The van der Waals surface area contributed by atoms with Gasteiger partial charge in [-0.1, -0.05) is 43.5 Å². The number of nitrogens with zero attached hydrogens (tertiary/aromatic N) is 2. The van der Waals surface area contributed by atoms with Crippen LogP contribution < -0.4 is 9.64 Å². The Morgan fingerprint density at radius 1 is 1.07 bits per heavy atom. The van der Waals surface area contributed by atoms with Crippen LogP contribution in [-0.4, -0.2) is 61.7 Å². The Labute approximate surface area is 273 Å². The van der Waals surface area contributed by atoms with E-state index in [1.807, 2.05) is 0 Å². The number of hydrogen-bond acceptors (Lipinski definition) is 7. The summed E-state index contributed by atoms with van der Waals surface area (Å²) >= 11 is 21.1. The van der Waals surface area contributed by atoms with Crippen molar-refractivity contribution in [3.05, 3.63) is 63.6 Å². The number of Topliss-reactive ketones (excluding diaryl/α,β-unsaturated/α-hetero) is 1. The molecule has 6 atom stereocenters. The zero-order valence-electron chi connectivity index (χ0n) is 22.8. The standard InChI is InChI=1S/C30H24Br2Cl2N2O7/c1-13(37)14-3-5-16(6-4-14)36-25(39)18-8-7-17-20(22(18)26(36)40)11-29(33)27(41)35(12-31)28(42)30(29,34)23(17)19-9-15(32)10-21(43-2)24(19)38/h3-7,9-10,18,20,22-23,38H,8,11-12H2,1-2H3. The summed E-state index contributed by atoms with van der Waals surface area (Å²) in [7, 11) is 1.37. The lowest BCUT2D eigenvalue weighted by Crippen LogP contribution is -2.60. The van der Waals surface area contributed by atoms with Crippen molar-refractivity contribution in [3.8, 4) is 11.5 Å². The summed E-state index contributed by atoms with van der Waals surface area (Å²) in [5.41, 5.74) is 1.32. The molecule has 9 nitrogen and oxygen atoms in total. The number of ketones is 1. The molecular formula is C30H24Br2Cl2N2O7. The van der Waals surface area contributed by atoms with Gasteiger partial charge in [0.25, 0.3) is 11.8 Å². The van der Waals surface area contributed by atoms with Crippen LogP contribution in [0.15, 0.2) is 52.5 Å². The Bertz CT molecular complexity index is 1660. The summed E-state index contributed by atoms with van der Waals surface area (Å²) in [6.07, 6.45) is 1.77. The zero-order chi connectivity index (χ0) is 31.2. The van der Waals surface area contributed by atoms with Crippen LogP contribution in [0.3, 0.4) is 0 Å². The predicted molar refractivity (Wildman–Crippen MR) is 165 cm³/mol. The maximum absolute atomic E-state index is 14.1. The minimum atomic E-state index is -2.06. The first-order valence-electron chi connectivity index (χ1n) is 13.4. The Morgan fingerprint density at radius 2 is 1.74 bits per heavy atom.